The number of rotatable bonds is 5. The standard InChI is InChI=1S/C12H19NO/c1-10(2)14-9-12-6-4-11(5-7-12)8-13-3/h4-7,10,13H,8-9H2,1-3H3. The van der Waals surface area contributed by atoms with E-state index >= 15 is 0 Å². The maximum Gasteiger partial charge on any atom is 0.0720 e. The summed E-state index contributed by atoms with van der Waals surface area (Å²) in [6.07, 6.45) is 0.298. The summed E-state index contributed by atoms with van der Waals surface area (Å²) in [5, 5.41) is 3.12. The van der Waals surface area contributed by atoms with Gasteiger partial charge in [0, 0.05) is 6.54 Å². The molecule has 1 aromatic carbocycles. The Bertz CT molecular complexity index is 254. The summed E-state index contributed by atoms with van der Waals surface area (Å²) in [5.41, 5.74) is 2.54. The third kappa shape index (κ3) is 3.90. The zero-order valence-electron chi connectivity index (χ0n) is 9.21. The Kier molecular flexibility index (Phi) is 4.63. The first-order valence-corrected chi connectivity index (χ1v) is 5.06. The van der Waals surface area contributed by atoms with Crippen molar-refractivity contribution in [2.45, 2.75) is 33.1 Å². The van der Waals surface area contributed by atoms with Crippen LogP contribution in [-0.2, 0) is 17.9 Å². The van der Waals surface area contributed by atoms with Crippen LogP contribution in [0.15, 0.2) is 24.3 Å². The van der Waals surface area contributed by atoms with Crippen LogP contribution in [0, 0.1) is 0 Å². The van der Waals surface area contributed by atoms with Gasteiger partial charge in [-0.15, -0.1) is 0 Å². The van der Waals surface area contributed by atoms with Gasteiger partial charge >= 0.3 is 0 Å². The van der Waals surface area contributed by atoms with E-state index in [-0.39, 0.29) is 0 Å². The van der Waals surface area contributed by atoms with Crippen molar-refractivity contribution in [3.63, 3.8) is 0 Å². The molecule has 0 aromatic heterocycles. The van der Waals surface area contributed by atoms with Gasteiger partial charge in [0.2, 0.25) is 0 Å². The van der Waals surface area contributed by atoms with Gasteiger partial charge in [0.15, 0.2) is 0 Å². The predicted molar refractivity (Wildman–Crippen MR) is 59.1 cm³/mol. The van der Waals surface area contributed by atoms with Gasteiger partial charge < -0.3 is 10.1 Å². The SMILES string of the molecule is CNCc1ccc(COC(C)C)cc1. The summed E-state index contributed by atoms with van der Waals surface area (Å²) in [7, 11) is 1.95. The smallest absolute Gasteiger partial charge is 0.0720 e. The Labute approximate surface area is 86.3 Å². The van der Waals surface area contributed by atoms with Crippen LogP contribution in [0.1, 0.15) is 25.0 Å². The molecule has 0 aliphatic heterocycles. The van der Waals surface area contributed by atoms with Gasteiger partial charge in [-0.3, -0.25) is 0 Å². The normalized spacial score (nSPS) is 10.9. The maximum atomic E-state index is 5.51. The Morgan fingerprint density at radius 3 is 2.21 bits per heavy atom. The fourth-order valence-corrected chi connectivity index (χ4v) is 1.22. The molecule has 0 radical (unpaired) electrons. The van der Waals surface area contributed by atoms with Gasteiger partial charge in [0.1, 0.15) is 0 Å². The molecule has 2 heteroatoms. The molecule has 0 heterocycles. The number of ether oxygens (including phenoxy) is 1. The number of nitrogens with one attached hydrogen (secondary N) is 1. The quantitative estimate of drug-likeness (QED) is 0.775. The van der Waals surface area contributed by atoms with E-state index in [0.29, 0.717) is 12.7 Å². The summed E-state index contributed by atoms with van der Waals surface area (Å²) in [5.74, 6) is 0. The van der Waals surface area contributed by atoms with Crippen LogP contribution in [0.25, 0.3) is 0 Å². The zero-order valence-corrected chi connectivity index (χ0v) is 9.21. The van der Waals surface area contributed by atoms with Gasteiger partial charge in [-0.05, 0) is 32.0 Å². The molecule has 0 bridgehead atoms. The lowest BCUT2D eigenvalue weighted by Crippen LogP contribution is -2.05. The van der Waals surface area contributed by atoms with Crippen LogP contribution >= 0.6 is 0 Å². The molecule has 0 fully saturated rings. The molecular weight excluding hydrogens is 174 g/mol. The van der Waals surface area contributed by atoms with Crippen molar-refractivity contribution in [2.24, 2.45) is 0 Å². The van der Waals surface area contributed by atoms with E-state index in [1.54, 1.807) is 0 Å². The summed E-state index contributed by atoms with van der Waals surface area (Å²) in [6.45, 7) is 5.73. The number of hydrogen-bond acceptors (Lipinski definition) is 2. The lowest BCUT2D eigenvalue weighted by molar-refractivity contribution is 0.0657. The minimum atomic E-state index is 0.298. The van der Waals surface area contributed by atoms with Crippen LogP contribution < -0.4 is 5.32 Å². The molecule has 78 valence electrons. The Morgan fingerprint density at radius 2 is 1.71 bits per heavy atom. The molecule has 1 rings (SSSR count). The fourth-order valence-electron chi connectivity index (χ4n) is 1.22. The second kappa shape index (κ2) is 5.78. The van der Waals surface area contributed by atoms with Gasteiger partial charge in [-0.1, -0.05) is 24.3 Å². The summed E-state index contributed by atoms with van der Waals surface area (Å²) >= 11 is 0. The van der Waals surface area contributed by atoms with Crippen LogP contribution in [-0.4, -0.2) is 13.2 Å². The molecule has 0 aliphatic carbocycles. The van der Waals surface area contributed by atoms with Crippen molar-refractivity contribution in [1.29, 1.82) is 0 Å². The molecule has 0 aliphatic rings. The van der Waals surface area contributed by atoms with E-state index in [1.165, 1.54) is 11.1 Å². The molecule has 0 spiro atoms. The molecular formula is C12H19NO. The average Bonchev–Trinajstić information content (AvgIpc) is 2.17. The van der Waals surface area contributed by atoms with E-state index in [0.717, 1.165) is 6.54 Å². The van der Waals surface area contributed by atoms with Crippen LogP contribution in [0.2, 0.25) is 0 Å². The van der Waals surface area contributed by atoms with E-state index in [9.17, 15) is 0 Å². The van der Waals surface area contributed by atoms with Crippen molar-refractivity contribution in [2.75, 3.05) is 7.05 Å². The minimum absolute atomic E-state index is 0.298. The van der Waals surface area contributed by atoms with Crippen LogP contribution in [0.4, 0.5) is 0 Å². The van der Waals surface area contributed by atoms with Crippen molar-refractivity contribution >= 4 is 0 Å². The highest BCUT2D eigenvalue weighted by Crippen LogP contribution is 2.06. The molecule has 1 aromatic rings. The van der Waals surface area contributed by atoms with Crippen molar-refractivity contribution in [3.05, 3.63) is 35.4 Å². The summed E-state index contributed by atoms with van der Waals surface area (Å²) < 4.78 is 5.51. The van der Waals surface area contributed by atoms with E-state index < -0.39 is 0 Å². The third-order valence-electron chi connectivity index (χ3n) is 1.99. The first-order valence-electron chi connectivity index (χ1n) is 5.06. The molecule has 0 saturated carbocycles. The number of hydrogen-bond donors (Lipinski definition) is 1. The highest BCUT2D eigenvalue weighted by atomic mass is 16.5. The van der Waals surface area contributed by atoms with Crippen LogP contribution in [0.3, 0.4) is 0 Å². The van der Waals surface area contributed by atoms with Crippen LogP contribution in [0.5, 0.6) is 0 Å². The molecule has 0 unspecified atom stereocenters. The van der Waals surface area contributed by atoms with Crippen molar-refractivity contribution < 1.29 is 4.74 Å². The molecule has 2 nitrogen and oxygen atoms in total. The first-order chi connectivity index (χ1) is 6.72. The topological polar surface area (TPSA) is 21.3 Å². The lowest BCUT2D eigenvalue weighted by Gasteiger charge is -2.08. The second-order valence-electron chi connectivity index (χ2n) is 3.71. The summed E-state index contributed by atoms with van der Waals surface area (Å²) in [4.78, 5) is 0. The maximum absolute atomic E-state index is 5.51. The molecule has 14 heavy (non-hydrogen) atoms. The summed E-state index contributed by atoms with van der Waals surface area (Å²) in [6, 6.07) is 8.51. The van der Waals surface area contributed by atoms with E-state index in [1.807, 2.05) is 7.05 Å². The van der Waals surface area contributed by atoms with Gasteiger partial charge in [-0.2, -0.15) is 0 Å². The highest BCUT2D eigenvalue weighted by molar-refractivity contribution is 5.21. The first kappa shape index (κ1) is 11.2. The number of benzene rings is 1. The predicted octanol–water partition coefficient (Wildman–Crippen LogP) is 2.33. The van der Waals surface area contributed by atoms with E-state index in [2.05, 4.69) is 43.4 Å². The van der Waals surface area contributed by atoms with Gasteiger partial charge in [0.05, 0.1) is 12.7 Å². The Balaban J connectivity index is 2.46. The largest absolute Gasteiger partial charge is 0.374 e. The third-order valence-corrected chi connectivity index (χ3v) is 1.99. The minimum Gasteiger partial charge on any atom is -0.374 e. The zero-order chi connectivity index (χ0) is 10.4. The average molecular weight is 193 g/mol. The fraction of sp³-hybridized carbons (Fsp3) is 0.500. The monoisotopic (exact) mass is 193 g/mol. The second-order valence-corrected chi connectivity index (χ2v) is 3.71. The molecule has 0 amide bonds. The van der Waals surface area contributed by atoms with Crippen molar-refractivity contribution in [1.82, 2.24) is 5.32 Å². The van der Waals surface area contributed by atoms with Crippen molar-refractivity contribution in [3.8, 4) is 0 Å². The Hall–Kier alpha value is -0.860. The van der Waals surface area contributed by atoms with E-state index in [4.69, 9.17) is 4.74 Å². The molecule has 0 atom stereocenters. The molecule has 0 saturated heterocycles. The Morgan fingerprint density at radius 1 is 1.14 bits per heavy atom. The lowest BCUT2D eigenvalue weighted by atomic mass is 10.1. The highest BCUT2D eigenvalue weighted by Gasteiger charge is 1.96. The van der Waals surface area contributed by atoms with Gasteiger partial charge in [0.25, 0.3) is 0 Å². The van der Waals surface area contributed by atoms with Gasteiger partial charge in [-0.25, -0.2) is 0 Å². The molecule has 1 N–H and O–H groups in total.